The van der Waals surface area contributed by atoms with E-state index in [1.165, 1.54) is 15.3 Å². The molecule has 0 N–H and O–H groups in total. The first kappa shape index (κ1) is 16.7. The third-order valence-electron chi connectivity index (χ3n) is 5.19. The van der Waals surface area contributed by atoms with Crippen molar-refractivity contribution in [2.75, 3.05) is 26.2 Å². The van der Waals surface area contributed by atoms with Crippen molar-refractivity contribution in [2.45, 2.75) is 33.4 Å². The molecule has 0 radical (unpaired) electrons. The highest BCUT2D eigenvalue weighted by Crippen LogP contribution is 2.30. The largest absolute Gasteiger partial charge is 0.361 e. The maximum Gasteiger partial charge on any atom is 0.138 e. The van der Waals surface area contributed by atoms with E-state index in [0.717, 1.165) is 49.7 Å². The van der Waals surface area contributed by atoms with Crippen LogP contribution in [0.3, 0.4) is 0 Å². The quantitative estimate of drug-likeness (QED) is 0.712. The molecule has 1 saturated heterocycles. The van der Waals surface area contributed by atoms with Crippen molar-refractivity contribution < 1.29 is 4.52 Å². The minimum atomic E-state index is 0.374. The summed E-state index contributed by atoms with van der Waals surface area (Å²) in [5, 5.41) is 5.29. The van der Waals surface area contributed by atoms with Gasteiger partial charge in [-0.3, -0.25) is 9.80 Å². The van der Waals surface area contributed by atoms with E-state index < -0.39 is 0 Å². The molecule has 0 amide bonds. The third-order valence-corrected chi connectivity index (χ3v) is 6.39. The molecule has 0 bridgehead atoms. The molecule has 1 aliphatic rings. The van der Waals surface area contributed by atoms with Crippen molar-refractivity contribution in [2.24, 2.45) is 0 Å². The van der Waals surface area contributed by atoms with E-state index in [0.29, 0.717) is 6.04 Å². The summed E-state index contributed by atoms with van der Waals surface area (Å²) in [5.41, 5.74) is 3.38. The molecule has 1 aliphatic heterocycles. The number of aryl methyl sites for hydroxylation is 2. The standard InChI is InChI=1S/C19H24N4OS/c1-13-16(15(3)24-21-13)12-22-8-10-23(11-9-22)14(2)19-20-17-6-4-5-7-18(17)25-19/h4-7,14H,8-12H2,1-3H3/t14-/m0/s1. The number of nitrogens with zero attached hydrogens (tertiary/aromatic N) is 4. The lowest BCUT2D eigenvalue weighted by Gasteiger charge is -2.37. The van der Waals surface area contributed by atoms with E-state index >= 15 is 0 Å². The highest BCUT2D eigenvalue weighted by molar-refractivity contribution is 7.18. The molecule has 2 aromatic heterocycles. The molecule has 132 valence electrons. The van der Waals surface area contributed by atoms with Crippen molar-refractivity contribution in [1.29, 1.82) is 0 Å². The zero-order valence-corrected chi connectivity index (χ0v) is 15.8. The normalized spacial score (nSPS) is 18.0. The molecule has 3 heterocycles. The van der Waals surface area contributed by atoms with E-state index in [4.69, 9.17) is 9.51 Å². The summed E-state index contributed by atoms with van der Waals surface area (Å²) >= 11 is 1.82. The second kappa shape index (κ2) is 6.86. The fraction of sp³-hybridized carbons (Fsp3) is 0.474. The zero-order valence-electron chi connectivity index (χ0n) is 15.0. The summed E-state index contributed by atoms with van der Waals surface area (Å²) in [6.07, 6.45) is 0. The minimum absolute atomic E-state index is 0.374. The maximum absolute atomic E-state index is 5.29. The molecule has 1 fully saturated rings. The van der Waals surface area contributed by atoms with Gasteiger partial charge in [-0.05, 0) is 32.9 Å². The van der Waals surface area contributed by atoms with Gasteiger partial charge in [0.1, 0.15) is 10.8 Å². The van der Waals surface area contributed by atoms with Crippen molar-refractivity contribution in [1.82, 2.24) is 19.9 Å². The Morgan fingerprint density at radius 1 is 1.16 bits per heavy atom. The number of benzene rings is 1. The Morgan fingerprint density at radius 3 is 2.60 bits per heavy atom. The predicted octanol–water partition coefficient (Wildman–Crippen LogP) is 3.78. The van der Waals surface area contributed by atoms with E-state index in [1.54, 1.807) is 0 Å². The number of rotatable bonds is 4. The lowest BCUT2D eigenvalue weighted by atomic mass is 10.1. The molecule has 0 spiro atoms. The van der Waals surface area contributed by atoms with Gasteiger partial charge in [0.2, 0.25) is 0 Å². The first-order chi connectivity index (χ1) is 12.1. The smallest absolute Gasteiger partial charge is 0.138 e. The molecular formula is C19H24N4OS. The number of para-hydroxylation sites is 1. The van der Waals surface area contributed by atoms with Gasteiger partial charge in [0.05, 0.1) is 22.0 Å². The second-order valence-corrected chi connectivity index (χ2v) is 7.87. The first-order valence-corrected chi connectivity index (χ1v) is 9.67. The summed E-state index contributed by atoms with van der Waals surface area (Å²) in [5.74, 6) is 0.947. The molecule has 0 aliphatic carbocycles. The second-order valence-electron chi connectivity index (χ2n) is 6.81. The number of fused-ring (bicyclic) bond motifs is 1. The van der Waals surface area contributed by atoms with Gasteiger partial charge in [-0.1, -0.05) is 17.3 Å². The molecule has 0 saturated carbocycles. The molecule has 1 aromatic carbocycles. The number of hydrogen-bond acceptors (Lipinski definition) is 6. The van der Waals surface area contributed by atoms with Crippen LogP contribution in [0.15, 0.2) is 28.8 Å². The summed E-state index contributed by atoms with van der Waals surface area (Å²) in [7, 11) is 0. The number of piperazine rings is 1. The lowest BCUT2D eigenvalue weighted by Crippen LogP contribution is -2.46. The Bertz CT molecular complexity index is 811. The average Bonchev–Trinajstić information content (AvgIpc) is 3.20. The van der Waals surface area contributed by atoms with E-state index in [1.807, 2.05) is 25.2 Å². The van der Waals surface area contributed by atoms with E-state index in [-0.39, 0.29) is 0 Å². The summed E-state index contributed by atoms with van der Waals surface area (Å²) in [4.78, 5) is 9.87. The van der Waals surface area contributed by atoms with Gasteiger partial charge in [0.15, 0.2) is 0 Å². The number of aromatic nitrogens is 2. The number of thiazole rings is 1. The van der Waals surface area contributed by atoms with Gasteiger partial charge >= 0.3 is 0 Å². The Morgan fingerprint density at radius 2 is 1.92 bits per heavy atom. The van der Waals surface area contributed by atoms with Crippen molar-refractivity contribution in [3.8, 4) is 0 Å². The fourth-order valence-corrected chi connectivity index (χ4v) is 4.54. The van der Waals surface area contributed by atoms with Gasteiger partial charge < -0.3 is 4.52 Å². The van der Waals surface area contributed by atoms with Crippen LogP contribution in [0.4, 0.5) is 0 Å². The van der Waals surface area contributed by atoms with Crippen LogP contribution >= 0.6 is 11.3 Å². The monoisotopic (exact) mass is 356 g/mol. The molecule has 4 rings (SSSR count). The van der Waals surface area contributed by atoms with Gasteiger partial charge in [-0.15, -0.1) is 11.3 Å². The summed E-state index contributed by atoms with van der Waals surface area (Å²) in [6.45, 7) is 11.5. The number of hydrogen-bond donors (Lipinski definition) is 0. The zero-order chi connectivity index (χ0) is 17.4. The minimum Gasteiger partial charge on any atom is -0.361 e. The van der Waals surface area contributed by atoms with E-state index in [9.17, 15) is 0 Å². The molecule has 25 heavy (non-hydrogen) atoms. The van der Waals surface area contributed by atoms with E-state index in [2.05, 4.69) is 46.1 Å². The molecule has 6 heteroatoms. The molecule has 0 unspecified atom stereocenters. The first-order valence-electron chi connectivity index (χ1n) is 8.85. The Balaban J connectivity index is 1.39. The van der Waals surface area contributed by atoms with Crippen LogP contribution in [-0.4, -0.2) is 46.1 Å². The molecule has 1 atom stereocenters. The Kier molecular flexibility index (Phi) is 4.58. The van der Waals surface area contributed by atoms with Crippen LogP contribution in [0.1, 0.15) is 35.0 Å². The third kappa shape index (κ3) is 3.34. The SMILES string of the molecule is Cc1noc(C)c1CN1CCN([C@@H](C)c2nc3ccccc3s2)CC1. The summed E-state index contributed by atoms with van der Waals surface area (Å²) in [6, 6.07) is 8.78. The Hall–Kier alpha value is -1.76. The highest BCUT2D eigenvalue weighted by Gasteiger charge is 2.25. The molecule has 3 aromatic rings. The topological polar surface area (TPSA) is 45.4 Å². The summed E-state index contributed by atoms with van der Waals surface area (Å²) < 4.78 is 6.57. The molecule has 5 nitrogen and oxygen atoms in total. The van der Waals surface area contributed by atoms with Crippen LogP contribution in [-0.2, 0) is 6.54 Å². The van der Waals surface area contributed by atoms with Crippen molar-refractivity contribution in [3.05, 3.63) is 46.3 Å². The fourth-order valence-electron chi connectivity index (χ4n) is 3.48. The lowest BCUT2D eigenvalue weighted by molar-refractivity contribution is 0.0974. The average molecular weight is 356 g/mol. The van der Waals surface area contributed by atoms with Gasteiger partial charge in [-0.2, -0.15) is 0 Å². The highest BCUT2D eigenvalue weighted by atomic mass is 32.1. The predicted molar refractivity (Wildman–Crippen MR) is 101 cm³/mol. The van der Waals surface area contributed by atoms with Crippen molar-refractivity contribution in [3.63, 3.8) is 0 Å². The van der Waals surface area contributed by atoms with Crippen LogP contribution in [0.25, 0.3) is 10.2 Å². The van der Waals surface area contributed by atoms with Crippen LogP contribution in [0, 0.1) is 13.8 Å². The Labute approximate surface area is 152 Å². The van der Waals surface area contributed by atoms with Crippen LogP contribution in [0.5, 0.6) is 0 Å². The van der Waals surface area contributed by atoms with Gasteiger partial charge in [0.25, 0.3) is 0 Å². The van der Waals surface area contributed by atoms with Crippen LogP contribution < -0.4 is 0 Å². The van der Waals surface area contributed by atoms with Crippen molar-refractivity contribution >= 4 is 21.6 Å². The van der Waals surface area contributed by atoms with Crippen LogP contribution in [0.2, 0.25) is 0 Å². The van der Waals surface area contributed by atoms with Gasteiger partial charge in [0, 0.05) is 38.3 Å². The van der Waals surface area contributed by atoms with Gasteiger partial charge in [-0.25, -0.2) is 4.98 Å². The maximum atomic E-state index is 5.29. The molecular weight excluding hydrogens is 332 g/mol.